The molecular formula is C34H36ClF2N7O3. The maximum absolute atomic E-state index is 16.7. The first kappa shape index (κ1) is 32.6. The number of alkyl halides is 1. The van der Waals surface area contributed by atoms with Crippen molar-refractivity contribution in [1.29, 1.82) is 0 Å². The number of halogens is 3. The Labute approximate surface area is 277 Å². The lowest BCUT2D eigenvalue weighted by Crippen LogP contribution is -2.57. The third-order valence-corrected chi connectivity index (χ3v) is 8.82. The molecule has 0 aliphatic carbocycles. The Balaban J connectivity index is 1.42. The highest BCUT2D eigenvalue weighted by Crippen LogP contribution is 2.38. The third kappa shape index (κ3) is 6.73. The van der Waals surface area contributed by atoms with Crippen LogP contribution in [0.5, 0.6) is 6.01 Å². The number of pyridine rings is 1. The minimum absolute atomic E-state index is 0.00139. The van der Waals surface area contributed by atoms with Crippen molar-refractivity contribution in [2.24, 2.45) is 0 Å². The zero-order chi connectivity index (χ0) is 33.5. The first-order valence-corrected chi connectivity index (χ1v) is 15.9. The zero-order valence-electron chi connectivity index (χ0n) is 26.7. The molecule has 0 unspecified atom stereocenters. The molecule has 0 N–H and O–H groups in total. The zero-order valence-corrected chi connectivity index (χ0v) is 27.5. The Kier molecular flexibility index (Phi) is 9.05. The normalized spacial score (nSPS) is 20.5. The van der Waals surface area contributed by atoms with Crippen molar-refractivity contribution in [2.45, 2.75) is 51.0 Å². The molecule has 47 heavy (non-hydrogen) atoms. The SMILES string of the molecule is [C-]#[N+]C[C@H]1CN(c2nc(OC[C@@H]3C[C@@H](F)CN3C)nc3c(F)c(-c4cccc5cccc(Cl)c45)ncc23)CCN1C(=O)OC(C)(C)C. The molecule has 3 atom stereocenters. The number of likely N-dealkylation sites (tertiary alicyclic amines) is 1. The van der Waals surface area contributed by atoms with E-state index >= 15 is 4.39 Å². The Morgan fingerprint density at radius 2 is 1.89 bits per heavy atom. The van der Waals surface area contributed by atoms with Crippen molar-refractivity contribution >= 4 is 45.2 Å². The van der Waals surface area contributed by atoms with E-state index in [4.69, 9.17) is 32.6 Å². The summed E-state index contributed by atoms with van der Waals surface area (Å²) in [7, 11) is 1.83. The topological polar surface area (TPSA) is 88.3 Å². The lowest BCUT2D eigenvalue weighted by molar-refractivity contribution is 0.0155. The quantitative estimate of drug-likeness (QED) is 0.219. The van der Waals surface area contributed by atoms with Crippen LogP contribution < -0.4 is 9.64 Å². The second-order valence-electron chi connectivity index (χ2n) is 13.0. The highest BCUT2D eigenvalue weighted by atomic mass is 35.5. The molecule has 4 aromatic rings. The summed E-state index contributed by atoms with van der Waals surface area (Å²) < 4.78 is 42.4. The maximum atomic E-state index is 16.7. The highest BCUT2D eigenvalue weighted by molar-refractivity contribution is 6.36. The molecule has 2 aliphatic heterocycles. The van der Waals surface area contributed by atoms with E-state index in [0.717, 1.165) is 5.39 Å². The molecule has 6 rings (SSSR count). The van der Waals surface area contributed by atoms with Crippen LogP contribution in [-0.2, 0) is 4.74 Å². The van der Waals surface area contributed by atoms with Crippen LogP contribution in [0.2, 0.25) is 5.02 Å². The van der Waals surface area contributed by atoms with Crippen molar-refractivity contribution in [3.8, 4) is 17.3 Å². The summed E-state index contributed by atoms with van der Waals surface area (Å²) in [6.45, 7) is 14.2. The number of amides is 1. The smallest absolute Gasteiger partial charge is 0.410 e. The number of nitrogens with zero attached hydrogens (tertiary/aromatic N) is 7. The predicted octanol–water partition coefficient (Wildman–Crippen LogP) is 6.40. The van der Waals surface area contributed by atoms with Crippen LogP contribution in [0.3, 0.4) is 0 Å². The van der Waals surface area contributed by atoms with Crippen molar-refractivity contribution in [3.05, 3.63) is 64.9 Å². The highest BCUT2D eigenvalue weighted by Gasteiger charge is 2.37. The van der Waals surface area contributed by atoms with Gasteiger partial charge in [-0.15, -0.1) is 0 Å². The van der Waals surface area contributed by atoms with E-state index in [-0.39, 0.29) is 49.5 Å². The van der Waals surface area contributed by atoms with E-state index in [9.17, 15) is 9.18 Å². The molecule has 0 saturated carbocycles. The van der Waals surface area contributed by atoms with Gasteiger partial charge in [-0.3, -0.25) is 14.8 Å². The fraction of sp³-hybridized carbons (Fsp3) is 0.441. The summed E-state index contributed by atoms with van der Waals surface area (Å²) in [6, 6.07) is 10.2. The van der Waals surface area contributed by atoms with Crippen LogP contribution in [0.25, 0.3) is 37.8 Å². The molecule has 2 aromatic carbocycles. The van der Waals surface area contributed by atoms with Gasteiger partial charge in [-0.2, -0.15) is 9.97 Å². The van der Waals surface area contributed by atoms with Gasteiger partial charge >= 0.3 is 12.1 Å². The summed E-state index contributed by atoms with van der Waals surface area (Å²) in [6.07, 6.45) is 0.387. The number of anilines is 1. The number of hydrogen-bond donors (Lipinski definition) is 0. The number of likely N-dealkylation sites (N-methyl/N-ethyl adjacent to an activating group) is 1. The van der Waals surface area contributed by atoms with Gasteiger partial charge in [-0.1, -0.05) is 41.9 Å². The molecule has 0 radical (unpaired) electrons. The molecule has 2 aliphatic rings. The van der Waals surface area contributed by atoms with Crippen LogP contribution in [0, 0.1) is 12.4 Å². The number of carbonyl (C=O) groups excluding carboxylic acids is 1. The average molecular weight is 664 g/mol. The molecule has 0 spiro atoms. The number of benzene rings is 2. The summed E-state index contributed by atoms with van der Waals surface area (Å²) in [5, 5.41) is 2.31. The van der Waals surface area contributed by atoms with Crippen molar-refractivity contribution in [2.75, 3.05) is 51.3 Å². The van der Waals surface area contributed by atoms with Crippen molar-refractivity contribution in [3.63, 3.8) is 0 Å². The minimum atomic E-state index is -0.957. The molecule has 2 fully saturated rings. The summed E-state index contributed by atoms with van der Waals surface area (Å²) in [5.41, 5.74) is -0.113. The fourth-order valence-corrected chi connectivity index (χ4v) is 6.54. The van der Waals surface area contributed by atoms with Crippen LogP contribution in [0.15, 0.2) is 42.6 Å². The van der Waals surface area contributed by atoms with Crippen LogP contribution in [0.1, 0.15) is 27.2 Å². The summed E-state index contributed by atoms with van der Waals surface area (Å²) >= 11 is 6.58. The number of piperazine rings is 1. The van der Waals surface area contributed by atoms with E-state index in [2.05, 4.69) is 14.8 Å². The number of rotatable bonds is 6. The van der Waals surface area contributed by atoms with Gasteiger partial charge in [0.25, 0.3) is 0 Å². The summed E-state index contributed by atoms with van der Waals surface area (Å²) in [4.78, 5) is 35.7. The lowest BCUT2D eigenvalue weighted by atomic mass is 10.0. The predicted molar refractivity (Wildman–Crippen MR) is 177 cm³/mol. The Morgan fingerprint density at radius 1 is 1.13 bits per heavy atom. The van der Waals surface area contributed by atoms with Crippen molar-refractivity contribution < 1.29 is 23.0 Å². The van der Waals surface area contributed by atoms with Gasteiger partial charge in [0.2, 0.25) is 6.54 Å². The molecule has 10 nitrogen and oxygen atoms in total. The van der Waals surface area contributed by atoms with E-state index < -0.39 is 29.7 Å². The monoisotopic (exact) mass is 663 g/mol. The van der Waals surface area contributed by atoms with Crippen LogP contribution in [0.4, 0.5) is 19.4 Å². The Bertz CT molecular complexity index is 1860. The number of hydrogen-bond acceptors (Lipinski definition) is 8. The molecule has 246 valence electrons. The Morgan fingerprint density at radius 3 is 2.60 bits per heavy atom. The first-order valence-electron chi connectivity index (χ1n) is 15.5. The number of fused-ring (bicyclic) bond motifs is 2. The summed E-state index contributed by atoms with van der Waals surface area (Å²) in [5.74, 6) is -0.309. The third-order valence-electron chi connectivity index (χ3n) is 8.51. The van der Waals surface area contributed by atoms with Gasteiger partial charge in [0, 0.05) is 54.4 Å². The second-order valence-corrected chi connectivity index (χ2v) is 13.4. The molecular weight excluding hydrogens is 628 g/mol. The van der Waals surface area contributed by atoms with Gasteiger partial charge in [-0.05, 0) is 45.7 Å². The number of carbonyl (C=O) groups is 1. The van der Waals surface area contributed by atoms with Gasteiger partial charge in [0.1, 0.15) is 41.4 Å². The number of ether oxygens (including phenoxy) is 2. The van der Waals surface area contributed by atoms with E-state index in [1.807, 2.05) is 41.1 Å². The maximum Gasteiger partial charge on any atom is 0.410 e. The van der Waals surface area contributed by atoms with Gasteiger partial charge in [0.05, 0.1) is 5.39 Å². The molecule has 0 bridgehead atoms. The van der Waals surface area contributed by atoms with E-state index in [1.54, 1.807) is 37.8 Å². The largest absolute Gasteiger partial charge is 0.462 e. The molecule has 13 heteroatoms. The molecule has 1 amide bonds. The van der Waals surface area contributed by atoms with Gasteiger partial charge in [-0.25, -0.2) is 20.1 Å². The van der Waals surface area contributed by atoms with Crippen LogP contribution >= 0.6 is 11.6 Å². The van der Waals surface area contributed by atoms with E-state index in [0.29, 0.717) is 46.7 Å². The van der Waals surface area contributed by atoms with E-state index in [1.165, 1.54) is 6.20 Å². The molecule has 2 saturated heterocycles. The molecule has 2 aromatic heterocycles. The molecule has 4 heterocycles. The fourth-order valence-electron chi connectivity index (χ4n) is 6.26. The number of aromatic nitrogens is 3. The van der Waals surface area contributed by atoms with Gasteiger partial charge < -0.3 is 19.2 Å². The minimum Gasteiger partial charge on any atom is -0.462 e. The lowest BCUT2D eigenvalue weighted by Gasteiger charge is -2.40. The van der Waals surface area contributed by atoms with Crippen LogP contribution in [-0.4, -0.2) is 101 Å². The second kappa shape index (κ2) is 13.0. The average Bonchev–Trinajstić information content (AvgIpc) is 3.35. The first-order chi connectivity index (χ1) is 22.4. The van der Waals surface area contributed by atoms with Crippen molar-refractivity contribution in [1.82, 2.24) is 24.8 Å². The Hall–Kier alpha value is -4.34. The van der Waals surface area contributed by atoms with Gasteiger partial charge in [0.15, 0.2) is 5.82 Å². The standard InChI is InChI=1S/C34H36ClF2N7O3/c1-34(2,3)47-33(45)44-13-12-43(18-23(44)15-38-4)31-25-16-39-29(24-10-6-8-20-9-7-11-26(35)27(20)24)28(37)30(25)40-32(41-31)46-19-22-14-21(36)17-42(22)5/h6-11,16,21-23H,12-15,17-19H2,1-3,5H3/t21-,22+,23+/m1/s1.